The van der Waals surface area contributed by atoms with Gasteiger partial charge in [0.25, 0.3) is 0 Å². The number of hydrogen-bond acceptors (Lipinski definition) is 4. The molecule has 2 atom stereocenters. The fourth-order valence-electron chi connectivity index (χ4n) is 2.40. The molecule has 5 nitrogen and oxygen atoms in total. The standard InChI is InChI=1S/C14H19NO4S2/c1-11(12-5-3-2-4-6-12)9-21(18,19)15-14(13(16)17)7-8-20-10-14/h2-6,11,15H,7-10H2,1H3,(H,16,17). The fraction of sp³-hybridized carbons (Fsp3) is 0.500. The van der Waals surface area contributed by atoms with Gasteiger partial charge in [-0.05, 0) is 23.7 Å². The first-order valence-corrected chi connectivity index (χ1v) is 9.53. The van der Waals surface area contributed by atoms with Crippen molar-refractivity contribution in [3.05, 3.63) is 35.9 Å². The quantitative estimate of drug-likeness (QED) is 0.829. The number of sulfonamides is 1. The first-order chi connectivity index (χ1) is 9.85. The molecule has 0 amide bonds. The molecule has 7 heteroatoms. The summed E-state index contributed by atoms with van der Waals surface area (Å²) in [6, 6.07) is 9.34. The van der Waals surface area contributed by atoms with E-state index in [4.69, 9.17) is 0 Å². The van der Waals surface area contributed by atoms with Crippen LogP contribution in [0.25, 0.3) is 0 Å². The van der Waals surface area contributed by atoms with Crippen LogP contribution in [0.4, 0.5) is 0 Å². The summed E-state index contributed by atoms with van der Waals surface area (Å²) < 4.78 is 27.0. The highest BCUT2D eigenvalue weighted by molar-refractivity contribution is 7.99. The highest BCUT2D eigenvalue weighted by atomic mass is 32.2. The van der Waals surface area contributed by atoms with Gasteiger partial charge in [0.05, 0.1) is 5.75 Å². The van der Waals surface area contributed by atoms with E-state index in [1.54, 1.807) is 0 Å². The number of benzene rings is 1. The first-order valence-electron chi connectivity index (χ1n) is 6.72. The molecule has 0 saturated carbocycles. The Balaban J connectivity index is 2.10. The zero-order valence-electron chi connectivity index (χ0n) is 11.8. The molecular formula is C14H19NO4S2. The smallest absolute Gasteiger partial charge is 0.325 e. The van der Waals surface area contributed by atoms with E-state index in [1.807, 2.05) is 37.3 Å². The number of carbonyl (C=O) groups is 1. The van der Waals surface area contributed by atoms with Crippen LogP contribution < -0.4 is 4.72 Å². The lowest BCUT2D eigenvalue weighted by molar-refractivity contribution is -0.142. The van der Waals surface area contributed by atoms with Gasteiger partial charge in [0.15, 0.2) is 0 Å². The zero-order chi connectivity index (χ0) is 15.5. The van der Waals surface area contributed by atoms with Crippen LogP contribution in [0.1, 0.15) is 24.8 Å². The van der Waals surface area contributed by atoms with Crippen molar-refractivity contribution < 1.29 is 18.3 Å². The second kappa shape index (κ2) is 6.37. The Bertz CT molecular complexity index is 595. The lowest BCUT2D eigenvalue weighted by Crippen LogP contribution is -2.55. The van der Waals surface area contributed by atoms with Gasteiger partial charge in [-0.3, -0.25) is 4.79 Å². The SMILES string of the molecule is CC(CS(=O)(=O)NC1(C(=O)O)CCSC1)c1ccccc1. The highest BCUT2D eigenvalue weighted by Crippen LogP contribution is 2.29. The lowest BCUT2D eigenvalue weighted by atomic mass is 10.0. The van der Waals surface area contributed by atoms with Crippen molar-refractivity contribution in [1.82, 2.24) is 4.72 Å². The second-order valence-electron chi connectivity index (χ2n) is 5.39. The molecule has 1 aliphatic heterocycles. The molecule has 1 fully saturated rings. The number of thioether (sulfide) groups is 1. The number of rotatable bonds is 6. The van der Waals surface area contributed by atoms with Crippen LogP contribution in [0.5, 0.6) is 0 Å². The second-order valence-corrected chi connectivity index (χ2v) is 8.26. The van der Waals surface area contributed by atoms with Crippen molar-refractivity contribution in [3.8, 4) is 0 Å². The molecule has 1 aromatic rings. The van der Waals surface area contributed by atoms with Crippen LogP contribution in [-0.4, -0.2) is 42.3 Å². The van der Waals surface area contributed by atoms with Gasteiger partial charge in [-0.15, -0.1) is 0 Å². The van der Waals surface area contributed by atoms with E-state index >= 15 is 0 Å². The molecule has 2 rings (SSSR count). The highest BCUT2D eigenvalue weighted by Gasteiger charge is 2.45. The molecule has 2 unspecified atom stereocenters. The Morgan fingerprint density at radius 2 is 2.10 bits per heavy atom. The van der Waals surface area contributed by atoms with Crippen molar-refractivity contribution in [1.29, 1.82) is 0 Å². The minimum absolute atomic E-state index is 0.114. The van der Waals surface area contributed by atoms with E-state index in [-0.39, 0.29) is 17.4 Å². The van der Waals surface area contributed by atoms with Gasteiger partial charge in [0.2, 0.25) is 10.0 Å². The Hall–Kier alpha value is -1.05. The normalized spacial score (nSPS) is 23.9. The number of nitrogens with one attached hydrogen (secondary N) is 1. The summed E-state index contributed by atoms with van der Waals surface area (Å²) in [5.74, 6) is -0.465. The predicted molar refractivity (Wildman–Crippen MR) is 84.1 cm³/mol. The van der Waals surface area contributed by atoms with E-state index in [0.717, 1.165) is 5.56 Å². The van der Waals surface area contributed by atoms with E-state index in [1.165, 1.54) is 11.8 Å². The van der Waals surface area contributed by atoms with Gasteiger partial charge in [-0.1, -0.05) is 37.3 Å². The Kier molecular flexibility index (Phi) is 4.95. The third-order valence-corrected chi connectivity index (χ3v) is 6.45. The summed E-state index contributed by atoms with van der Waals surface area (Å²) in [5.41, 5.74) is -0.423. The average molecular weight is 329 g/mol. The third-order valence-electron chi connectivity index (χ3n) is 3.62. The summed E-state index contributed by atoms with van der Waals surface area (Å²) in [7, 11) is -3.66. The first kappa shape index (κ1) is 16.3. The van der Waals surface area contributed by atoms with Crippen LogP contribution in [0, 0.1) is 0 Å². The van der Waals surface area contributed by atoms with E-state index in [0.29, 0.717) is 12.2 Å². The summed E-state index contributed by atoms with van der Waals surface area (Å²) in [6.45, 7) is 1.82. The molecular weight excluding hydrogens is 310 g/mol. The molecule has 2 N–H and O–H groups in total. The molecule has 21 heavy (non-hydrogen) atoms. The van der Waals surface area contributed by atoms with Crippen molar-refractivity contribution >= 4 is 27.8 Å². The van der Waals surface area contributed by atoms with Gasteiger partial charge in [-0.2, -0.15) is 16.5 Å². The van der Waals surface area contributed by atoms with Crippen LogP contribution in [0.15, 0.2) is 30.3 Å². The number of aliphatic carboxylic acids is 1. The Morgan fingerprint density at radius 3 is 2.62 bits per heavy atom. The molecule has 1 saturated heterocycles. The largest absolute Gasteiger partial charge is 0.480 e. The van der Waals surface area contributed by atoms with Crippen molar-refractivity contribution in [2.45, 2.75) is 24.8 Å². The topological polar surface area (TPSA) is 83.5 Å². The summed E-state index contributed by atoms with van der Waals surface area (Å²) in [4.78, 5) is 11.4. The van der Waals surface area contributed by atoms with Crippen molar-refractivity contribution in [2.75, 3.05) is 17.3 Å². The monoisotopic (exact) mass is 329 g/mol. The Morgan fingerprint density at radius 1 is 1.43 bits per heavy atom. The fourth-order valence-corrected chi connectivity index (χ4v) is 5.61. The summed E-state index contributed by atoms with van der Waals surface area (Å²) >= 11 is 1.46. The molecule has 0 spiro atoms. The number of carboxylic acids is 1. The van der Waals surface area contributed by atoms with Gasteiger partial charge in [-0.25, -0.2) is 8.42 Å². The average Bonchev–Trinajstić information content (AvgIpc) is 2.88. The van der Waals surface area contributed by atoms with Crippen LogP contribution in [0.3, 0.4) is 0 Å². The van der Waals surface area contributed by atoms with Crippen molar-refractivity contribution in [2.24, 2.45) is 0 Å². The molecule has 0 bridgehead atoms. The number of carboxylic acid groups (broad SMARTS) is 1. The van der Waals surface area contributed by atoms with Gasteiger partial charge in [0, 0.05) is 5.75 Å². The molecule has 1 heterocycles. The van der Waals surface area contributed by atoms with Gasteiger partial charge < -0.3 is 5.11 Å². The third kappa shape index (κ3) is 3.99. The molecule has 116 valence electrons. The predicted octanol–water partition coefficient (Wildman–Crippen LogP) is 1.67. The van der Waals surface area contributed by atoms with E-state index in [9.17, 15) is 18.3 Å². The molecule has 0 radical (unpaired) electrons. The van der Waals surface area contributed by atoms with E-state index in [2.05, 4.69) is 4.72 Å². The lowest BCUT2D eigenvalue weighted by Gasteiger charge is -2.25. The number of hydrogen-bond donors (Lipinski definition) is 2. The van der Waals surface area contributed by atoms with Crippen LogP contribution >= 0.6 is 11.8 Å². The van der Waals surface area contributed by atoms with Crippen LogP contribution in [-0.2, 0) is 14.8 Å². The maximum absolute atomic E-state index is 12.3. The molecule has 1 aliphatic rings. The van der Waals surface area contributed by atoms with Crippen molar-refractivity contribution in [3.63, 3.8) is 0 Å². The minimum atomic E-state index is -3.66. The minimum Gasteiger partial charge on any atom is -0.480 e. The maximum atomic E-state index is 12.3. The summed E-state index contributed by atoms with van der Waals surface area (Å²) in [6.07, 6.45) is 0.325. The molecule has 1 aromatic carbocycles. The maximum Gasteiger partial charge on any atom is 0.325 e. The van der Waals surface area contributed by atoms with Crippen LogP contribution in [0.2, 0.25) is 0 Å². The summed E-state index contributed by atoms with van der Waals surface area (Å²) in [5, 5.41) is 9.34. The Labute approximate surface area is 129 Å². The molecule has 0 aliphatic carbocycles. The van der Waals surface area contributed by atoms with Gasteiger partial charge >= 0.3 is 5.97 Å². The van der Waals surface area contributed by atoms with Gasteiger partial charge in [0.1, 0.15) is 5.54 Å². The zero-order valence-corrected chi connectivity index (χ0v) is 13.4. The molecule has 0 aromatic heterocycles. The van der Waals surface area contributed by atoms with E-state index < -0.39 is 21.5 Å².